The highest BCUT2D eigenvalue weighted by atomic mass is 16.5. The summed E-state index contributed by atoms with van der Waals surface area (Å²) < 4.78 is 5.71. The molecule has 3 heterocycles. The number of nitrogens with one attached hydrogen (secondary N) is 2. The van der Waals surface area contributed by atoms with Crippen molar-refractivity contribution in [2.24, 2.45) is 0 Å². The van der Waals surface area contributed by atoms with Gasteiger partial charge in [0.25, 0.3) is 5.91 Å². The molecule has 0 aliphatic carbocycles. The van der Waals surface area contributed by atoms with Gasteiger partial charge in [-0.05, 0) is 6.92 Å². The van der Waals surface area contributed by atoms with Gasteiger partial charge in [-0.3, -0.25) is 9.89 Å². The maximum atomic E-state index is 12.9. The highest BCUT2D eigenvalue weighted by molar-refractivity contribution is 5.97. The van der Waals surface area contributed by atoms with E-state index in [1.54, 1.807) is 4.90 Å². The van der Waals surface area contributed by atoms with Crippen molar-refractivity contribution in [2.45, 2.75) is 13.0 Å². The van der Waals surface area contributed by atoms with Crippen LogP contribution in [0.2, 0.25) is 0 Å². The van der Waals surface area contributed by atoms with Gasteiger partial charge in [0.1, 0.15) is 17.6 Å². The van der Waals surface area contributed by atoms with Gasteiger partial charge in [0.2, 0.25) is 0 Å². The van der Waals surface area contributed by atoms with Crippen molar-refractivity contribution < 1.29 is 9.53 Å². The van der Waals surface area contributed by atoms with Crippen molar-refractivity contribution in [1.82, 2.24) is 35.5 Å². The van der Waals surface area contributed by atoms with Crippen molar-refractivity contribution in [3.63, 3.8) is 0 Å². The van der Waals surface area contributed by atoms with E-state index in [4.69, 9.17) is 4.74 Å². The van der Waals surface area contributed by atoms with E-state index >= 15 is 0 Å². The second-order valence-electron chi connectivity index (χ2n) is 5.78. The second-order valence-corrected chi connectivity index (χ2v) is 5.78. The maximum absolute atomic E-state index is 12.9. The Morgan fingerprint density at radius 2 is 2.08 bits per heavy atom. The van der Waals surface area contributed by atoms with E-state index in [1.807, 2.05) is 37.3 Å². The molecular weight excluding hydrogens is 322 g/mol. The number of carbonyl (C=O) groups excluding carboxylic acids is 1. The summed E-state index contributed by atoms with van der Waals surface area (Å²) in [7, 11) is 0. The van der Waals surface area contributed by atoms with Gasteiger partial charge in [0.05, 0.1) is 13.2 Å². The molecule has 3 aromatic rings. The second kappa shape index (κ2) is 6.44. The van der Waals surface area contributed by atoms with Gasteiger partial charge in [-0.25, -0.2) is 4.98 Å². The number of carbonyl (C=O) groups is 1. The van der Waals surface area contributed by atoms with Crippen LogP contribution in [0.5, 0.6) is 0 Å². The van der Waals surface area contributed by atoms with E-state index in [0.717, 1.165) is 5.56 Å². The number of aromatic amines is 2. The Labute approximate surface area is 143 Å². The topological polar surface area (TPSA) is 113 Å². The monoisotopic (exact) mass is 339 g/mol. The van der Waals surface area contributed by atoms with Crippen molar-refractivity contribution in [1.29, 1.82) is 0 Å². The first-order chi connectivity index (χ1) is 12.2. The molecule has 4 rings (SSSR count). The van der Waals surface area contributed by atoms with Crippen molar-refractivity contribution >= 4 is 5.91 Å². The SMILES string of the molecule is Cc1nc([C@H]2CN(C(=O)c3n[nH]nc3-c3ccccc3)CCO2)n[nH]1. The lowest BCUT2D eigenvalue weighted by Crippen LogP contribution is -2.42. The number of aromatic nitrogens is 6. The third-order valence-corrected chi connectivity index (χ3v) is 4.05. The van der Waals surface area contributed by atoms with Crippen molar-refractivity contribution in [3.8, 4) is 11.3 Å². The normalized spacial score (nSPS) is 17.6. The van der Waals surface area contributed by atoms with Crippen LogP contribution in [0.15, 0.2) is 30.3 Å². The minimum absolute atomic E-state index is 0.187. The smallest absolute Gasteiger partial charge is 0.276 e. The summed E-state index contributed by atoms with van der Waals surface area (Å²) in [4.78, 5) is 18.9. The van der Waals surface area contributed by atoms with E-state index in [1.165, 1.54) is 0 Å². The quantitative estimate of drug-likeness (QED) is 0.739. The van der Waals surface area contributed by atoms with Crippen molar-refractivity contribution in [3.05, 3.63) is 47.7 Å². The average Bonchev–Trinajstić information content (AvgIpc) is 3.31. The number of aryl methyl sites for hydroxylation is 1. The van der Waals surface area contributed by atoms with Gasteiger partial charge in [0, 0.05) is 12.1 Å². The molecule has 128 valence electrons. The molecule has 1 aliphatic rings. The van der Waals surface area contributed by atoms with Gasteiger partial charge >= 0.3 is 0 Å². The number of morpholine rings is 1. The zero-order valence-electron chi connectivity index (χ0n) is 13.6. The summed E-state index contributed by atoms with van der Waals surface area (Å²) >= 11 is 0. The standard InChI is InChI=1S/C16H17N7O2/c1-10-17-15(21-18-10)12-9-23(7-8-25-12)16(24)14-13(19-22-20-14)11-5-3-2-4-6-11/h2-6,12H,7-9H2,1H3,(H,17,18,21)(H,19,20,22)/t12-/m1/s1. The molecule has 9 nitrogen and oxygen atoms in total. The summed E-state index contributed by atoms with van der Waals surface area (Å²) in [5.74, 6) is 1.08. The zero-order valence-corrected chi connectivity index (χ0v) is 13.6. The van der Waals surface area contributed by atoms with Gasteiger partial charge in [-0.2, -0.15) is 20.5 Å². The Kier molecular flexibility index (Phi) is 3.98. The molecule has 0 spiro atoms. The average molecular weight is 339 g/mol. The van der Waals surface area contributed by atoms with Gasteiger partial charge in [0.15, 0.2) is 11.5 Å². The number of ether oxygens (including phenoxy) is 1. The Hall–Kier alpha value is -3.07. The van der Waals surface area contributed by atoms with Crippen molar-refractivity contribution in [2.75, 3.05) is 19.7 Å². The number of nitrogens with zero attached hydrogens (tertiary/aromatic N) is 5. The molecule has 1 aliphatic heterocycles. The molecule has 1 saturated heterocycles. The molecule has 2 aromatic heterocycles. The molecule has 1 amide bonds. The maximum Gasteiger partial charge on any atom is 0.276 e. The van der Waals surface area contributed by atoms with E-state index in [2.05, 4.69) is 30.6 Å². The number of amides is 1. The van der Waals surface area contributed by atoms with Gasteiger partial charge < -0.3 is 9.64 Å². The van der Waals surface area contributed by atoms with Crippen LogP contribution in [0.3, 0.4) is 0 Å². The summed E-state index contributed by atoms with van der Waals surface area (Å²) in [5.41, 5.74) is 1.69. The third kappa shape index (κ3) is 3.01. The Bertz CT molecular complexity index is 874. The Morgan fingerprint density at radius 3 is 2.84 bits per heavy atom. The van der Waals surface area contributed by atoms with Crippen LogP contribution in [0.1, 0.15) is 28.2 Å². The van der Waals surface area contributed by atoms with Crippen LogP contribution in [-0.4, -0.2) is 61.1 Å². The molecule has 1 atom stereocenters. The van der Waals surface area contributed by atoms with E-state index in [-0.39, 0.29) is 12.0 Å². The summed E-state index contributed by atoms with van der Waals surface area (Å²) in [6.07, 6.45) is -0.352. The summed E-state index contributed by atoms with van der Waals surface area (Å²) in [6.45, 7) is 3.10. The number of benzene rings is 1. The number of H-pyrrole nitrogens is 2. The van der Waals surface area contributed by atoms with Crippen LogP contribution >= 0.6 is 0 Å². The van der Waals surface area contributed by atoms with E-state index in [0.29, 0.717) is 42.7 Å². The molecule has 2 N–H and O–H groups in total. The molecule has 25 heavy (non-hydrogen) atoms. The summed E-state index contributed by atoms with van der Waals surface area (Å²) in [5, 5.41) is 17.7. The fourth-order valence-electron chi connectivity index (χ4n) is 2.82. The minimum atomic E-state index is -0.352. The Balaban J connectivity index is 1.56. The lowest BCUT2D eigenvalue weighted by molar-refractivity contribution is -0.0268. The fraction of sp³-hybridized carbons (Fsp3) is 0.312. The van der Waals surface area contributed by atoms with Crippen LogP contribution in [0.25, 0.3) is 11.3 Å². The third-order valence-electron chi connectivity index (χ3n) is 4.05. The first-order valence-corrected chi connectivity index (χ1v) is 7.98. The number of rotatable bonds is 3. The molecule has 1 fully saturated rings. The van der Waals surface area contributed by atoms with Crippen LogP contribution in [0, 0.1) is 6.92 Å². The number of hydrogen-bond donors (Lipinski definition) is 2. The fourth-order valence-corrected chi connectivity index (χ4v) is 2.82. The highest BCUT2D eigenvalue weighted by Crippen LogP contribution is 2.24. The highest BCUT2D eigenvalue weighted by Gasteiger charge is 2.31. The predicted octanol–water partition coefficient (Wildman–Crippen LogP) is 1.11. The molecular formula is C16H17N7O2. The van der Waals surface area contributed by atoms with Gasteiger partial charge in [-0.1, -0.05) is 30.3 Å². The van der Waals surface area contributed by atoms with Crippen LogP contribution in [-0.2, 0) is 4.74 Å². The summed E-state index contributed by atoms with van der Waals surface area (Å²) in [6, 6.07) is 9.50. The molecule has 1 aromatic carbocycles. The van der Waals surface area contributed by atoms with Crippen LogP contribution < -0.4 is 0 Å². The predicted molar refractivity (Wildman–Crippen MR) is 87.5 cm³/mol. The molecule has 0 bridgehead atoms. The zero-order chi connectivity index (χ0) is 17.2. The lowest BCUT2D eigenvalue weighted by Gasteiger charge is -2.31. The number of hydrogen-bond acceptors (Lipinski definition) is 6. The van der Waals surface area contributed by atoms with Gasteiger partial charge in [-0.15, -0.1) is 0 Å². The lowest BCUT2D eigenvalue weighted by atomic mass is 10.1. The van der Waals surface area contributed by atoms with Crippen LogP contribution in [0.4, 0.5) is 0 Å². The molecule has 0 saturated carbocycles. The van der Waals surface area contributed by atoms with E-state index in [9.17, 15) is 4.79 Å². The molecule has 0 unspecified atom stereocenters. The molecule has 0 radical (unpaired) electrons. The minimum Gasteiger partial charge on any atom is -0.366 e. The van der Waals surface area contributed by atoms with E-state index < -0.39 is 0 Å². The largest absolute Gasteiger partial charge is 0.366 e. The Morgan fingerprint density at radius 1 is 1.24 bits per heavy atom. The first-order valence-electron chi connectivity index (χ1n) is 7.98. The molecule has 9 heteroatoms. The first kappa shape index (κ1) is 15.5.